The number of hydrogen-bond donors (Lipinski definition) is 3. The second-order valence-corrected chi connectivity index (χ2v) is 10.0. The molecule has 1 aromatic rings. The van der Waals surface area contributed by atoms with Gasteiger partial charge in [0.15, 0.2) is 0 Å². The highest BCUT2D eigenvalue weighted by atomic mass is 19.3. The van der Waals surface area contributed by atoms with E-state index in [1.807, 2.05) is 6.07 Å². The van der Waals surface area contributed by atoms with Crippen LogP contribution in [0.2, 0.25) is 0 Å². The Morgan fingerprint density at radius 2 is 2.03 bits per heavy atom. The van der Waals surface area contributed by atoms with Crippen molar-refractivity contribution in [1.29, 1.82) is 5.26 Å². The van der Waals surface area contributed by atoms with Crippen molar-refractivity contribution < 1.29 is 31.9 Å². The van der Waals surface area contributed by atoms with Crippen molar-refractivity contribution in [2.45, 2.75) is 75.5 Å². The summed E-state index contributed by atoms with van der Waals surface area (Å²) in [5, 5.41) is 17.4. The fraction of sp³-hybridized carbons (Fsp3) is 0.600. The fourth-order valence-electron chi connectivity index (χ4n) is 5.70. The van der Waals surface area contributed by atoms with Gasteiger partial charge < -0.3 is 20.9 Å². The number of nitrogens with zero attached hydrogens (tertiary/aromatic N) is 2. The van der Waals surface area contributed by atoms with Crippen LogP contribution >= 0.6 is 0 Å². The van der Waals surface area contributed by atoms with Crippen LogP contribution in [-0.4, -0.2) is 59.3 Å². The average Bonchev–Trinajstić information content (AvgIpc) is 2.85. The van der Waals surface area contributed by atoms with Crippen molar-refractivity contribution in [3.63, 3.8) is 0 Å². The summed E-state index contributed by atoms with van der Waals surface area (Å²) in [6.45, 7) is 1.91. The number of halogens is 4. The average molecular weight is 524 g/mol. The molecule has 6 atom stereocenters. The zero-order chi connectivity index (χ0) is 26.9. The minimum atomic E-state index is -3.20. The molecule has 1 saturated carbocycles. The summed E-state index contributed by atoms with van der Waals surface area (Å²) in [6.07, 6.45) is 0.952. The van der Waals surface area contributed by atoms with Gasteiger partial charge in [-0.2, -0.15) is 5.26 Å². The van der Waals surface area contributed by atoms with Crippen LogP contribution in [0.25, 0.3) is 0 Å². The molecule has 3 N–H and O–H groups in total. The van der Waals surface area contributed by atoms with E-state index < -0.39 is 71.8 Å². The quantitative estimate of drug-likeness (QED) is 0.476. The number of rotatable bonds is 7. The van der Waals surface area contributed by atoms with E-state index >= 15 is 0 Å². The molecular weight excluding hydrogens is 494 g/mol. The molecular formula is C25H29F4N5O3. The zero-order valence-electron chi connectivity index (χ0n) is 20.3. The maximum atomic E-state index is 14.9. The third kappa shape index (κ3) is 5.50. The molecule has 0 radical (unpaired) electrons. The second-order valence-electron chi connectivity index (χ2n) is 10.0. The maximum Gasteiger partial charge on any atom is 0.255 e. The molecule has 200 valence electrons. The van der Waals surface area contributed by atoms with Crippen molar-refractivity contribution in [1.82, 2.24) is 15.5 Å². The van der Waals surface area contributed by atoms with Gasteiger partial charge in [-0.25, -0.2) is 17.6 Å². The van der Waals surface area contributed by atoms with Crippen LogP contribution in [-0.2, 0) is 14.4 Å². The van der Waals surface area contributed by atoms with Gasteiger partial charge in [-0.15, -0.1) is 0 Å². The van der Waals surface area contributed by atoms with Crippen molar-refractivity contribution in [3.05, 3.63) is 29.8 Å². The molecule has 0 aromatic heterocycles. The van der Waals surface area contributed by atoms with E-state index in [0.29, 0.717) is 13.0 Å². The van der Waals surface area contributed by atoms with Gasteiger partial charge in [0.2, 0.25) is 17.7 Å². The SMILES string of the molecule is C[C@@H](Nc1cc(F)ccc1F)C(=O)N1[C@H]2CC[C@@H]([C@H]1C(=O)N[C@H](C#N)C[C@H]1CCCNC1=O)C(F)(F)C2. The summed E-state index contributed by atoms with van der Waals surface area (Å²) in [5.74, 6) is -8.52. The highest BCUT2D eigenvalue weighted by molar-refractivity contribution is 5.92. The Kier molecular flexibility index (Phi) is 7.62. The first-order chi connectivity index (χ1) is 17.5. The lowest BCUT2D eigenvalue weighted by Gasteiger charge is -2.54. The molecule has 37 heavy (non-hydrogen) atoms. The predicted molar refractivity (Wildman–Crippen MR) is 124 cm³/mol. The van der Waals surface area contributed by atoms with Gasteiger partial charge in [0.25, 0.3) is 5.92 Å². The van der Waals surface area contributed by atoms with Crippen LogP contribution in [0.5, 0.6) is 0 Å². The number of nitriles is 1. The lowest BCUT2D eigenvalue weighted by molar-refractivity contribution is -0.194. The Labute approximate surface area is 211 Å². The normalized spacial score (nSPS) is 28.0. The number of anilines is 1. The number of amides is 3. The van der Waals surface area contributed by atoms with Crippen LogP contribution in [0, 0.1) is 34.8 Å². The van der Waals surface area contributed by atoms with E-state index in [4.69, 9.17) is 0 Å². The standard InChI is InChI=1S/C25H29F4N5O3/c1-13(32-20-10-15(26)4-7-19(20)27)24(37)34-17-5-6-18(25(28,29)11-17)21(34)23(36)33-16(12-30)9-14-3-2-8-31-22(14)35/h4,7,10,13-14,16-18,21,32H,2-3,5-6,8-9,11H2,1H3,(H,31,35)(H,33,36)/t13-,14-,16+,17+,18+,21+/m1/s1. The first-order valence-electron chi connectivity index (χ1n) is 12.4. The van der Waals surface area contributed by atoms with Crippen molar-refractivity contribution >= 4 is 23.4 Å². The van der Waals surface area contributed by atoms with Crippen molar-refractivity contribution in [3.8, 4) is 6.07 Å². The molecule has 3 saturated heterocycles. The second kappa shape index (κ2) is 10.6. The van der Waals surface area contributed by atoms with Crippen molar-refractivity contribution in [2.75, 3.05) is 11.9 Å². The Hall–Kier alpha value is -3.36. The highest BCUT2D eigenvalue weighted by Gasteiger charge is 2.60. The molecule has 4 fully saturated rings. The summed E-state index contributed by atoms with van der Waals surface area (Å²) in [7, 11) is 0. The van der Waals surface area contributed by atoms with Gasteiger partial charge in [0.1, 0.15) is 29.8 Å². The molecule has 4 aliphatic rings. The number of alkyl halides is 2. The number of piperidine rings is 3. The first-order valence-corrected chi connectivity index (χ1v) is 12.4. The lowest BCUT2D eigenvalue weighted by Crippen LogP contribution is -2.70. The molecule has 2 bridgehead atoms. The topological polar surface area (TPSA) is 114 Å². The minimum absolute atomic E-state index is 0.0160. The van der Waals surface area contributed by atoms with E-state index in [9.17, 15) is 37.2 Å². The lowest BCUT2D eigenvalue weighted by atomic mass is 9.71. The molecule has 5 rings (SSSR count). The summed E-state index contributed by atoms with van der Waals surface area (Å²) in [4.78, 5) is 40.0. The Morgan fingerprint density at radius 3 is 2.70 bits per heavy atom. The van der Waals surface area contributed by atoms with Crippen LogP contribution < -0.4 is 16.0 Å². The van der Waals surface area contributed by atoms with Crippen LogP contribution in [0.15, 0.2) is 18.2 Å². The molecule has 3 amide bonds. The minimum Gasteiger partial charge on any atom is -0.371 e. The summed E-state index contributed by atoms with van der Waals surface area (Å²) >= 11 is 0. The highest BCUT2D eigenvalue weighted by Crippen LogP contribution is 2.49. The first kappa shape index (κ1) is 26.7. The number of fused-ring (bicyclic) bond motifs is 3. The molecule has 1 aliphatic carbocycles. The molecule has 0 unspecified atom stereocenters. The molecule has 12 heteroatoms. The van der Waals surface area contributed by atoms with Gasteiger partial charge in [-0.05, 0) is 57.2 Å². The van der Waals surface area contributed by atoms with Crippen LogP contribution in [0.1, 0.15) is 45.4 Å². The van der Waals surface area contributed by atoms with E-state index in [0.717, 1.165) is 29.5 Å². The Bertz CT molecular complexity index is 1110. The van der Waals surface area contributed by atoms with E-state index in [1.54, 1.807) is 0 Å². The zero-order valence-corrected chi connectivity index (χ0v) is 20.3. The summed E-state index contributed by atoms with van der Waals surface area (Å²) < 4.78 is 57.5. The molecule has 0 spiro atoms. The van der Waals surface area contributed by atoms with Crippen LogP contribution in [0.4, 0.5) is 23.2 Å². The van der Waals surface area contributed by atoms with E-state index in [1.165, 1.54) is 6.92 Å². The van der Waals surface area contributed by atoms with Gasteiger partial charge in [0.05, 0.1) is 17.7 Å². The van der Waals surface area contributed by atoms with Gasteiger partial charge in [0, 0.05) is 24.9 Å². The van der Waals surface area contributed by atoms with Gasteiger partial charge >= 0.3 is 0 Å². The summed E-state index contributed by atoms with van der Waals surface area (Å²) in [5.41, 5.74) is -0.273. The largest absolute Gasteiger partial charge is 0.371 e. The molecule has 1 aromatic carbocycles. The fourth-order valence-corrected chi connectivity index (χ4v) is 5.70. The number of carbonyl (C=O) groups is 3. The Balaban J connectivity index is 1.54. The molecule has 3 aliphatic heterocycles. The van der Waals surface area contributed by atoms with E-state index in [2.05, 4.69) is 16.0 Å². The summed E-state index contributed by atoms with van der Waals surface area (Å²) in [6, 6.07) is -0.139. The van der Waals surface area contributed by atoms with Gasteiger partial charge in [-0.3, -0.25) is 14.4 Å². The molecule has 3 heterocycles. The maximum absolute atomic E-state index is 14.9. The number of nitrogens with one attached hydrogen (secondary N) is 3. The smallest absolute Gasteiger partial charge is 0.255 e. The third-order valence-corrected chi connectivity index (χ3v) is 7.52. The number of hydrogen-bond acceptors (Lipinski definition) is 5. The van der Waals surface area contributed by atoms with E-state index in [-0.39, 0.29) is 30.9 Å². The van der Waals surface area contributed by atoms with Gasteiger partial charge in [-0.1, -0.05) is 0 Å². The monoisotopic (exact) mass is 523 g/mol. The number of carbonyl (C=O) groups excluding carboxylic acids is 3. The number of benzene rings is 1. The Morgan fingerprint density at radius 1 is 1.27 bits per heavy atom. The molecule has 8 nitrogen and oxygen atoms in total. The third-order valence-electron chi connectivity index (χ3n) is 7.52. The van der Waals surface area contributed by atoms with Crippen LogP contribution in [0.3, 0.4) is 0 Å². The predicted octanol–water partition coefficient (Wildman–Crippen LogP) is 2.70. The van der Waals surface area contributed by atoms with Crippen molar-refractivity contribution in [2.24, 2.45) is 11.8 Å².